The van der Waals surface area contributed by atoms with Gasteiger partial charge < -0.3 is 15.0 Å². The monoisotopic (exact) mass is 378 g/mol. The number of ketones is 1. The predicted octanol–water partition coefficient (Wildman–Crippen LogP) is 3.88. The largest absolute Gasteiger partial charge is 0.456 e. The zero-order valence-corrected chi connectivity index (χ0v) is 15.7. The van der Waals surface area contributed by atoms with Crippen LogP contribution in [0.3, 0.4) is 0 Å². The van der Waals surface area contributed by atoms with Crippen molar-refractivity contribution >= 4 is 34.3 Å². The molecule has 2 N–H and O–H groups in total. The van der Waals surface area contributed by atoms with Gasteiger partial charge in [-0.1, -0.05) is 30.3 Å². The highest BCUT2D eigenvalue weighted by Crippen LogP contribution is 2.19. The quantitative estimate of drug-likeness (QED) is 0.460. The van der Waals surface area contributed by atoms with Gasteiger partial charge in [0, 0.05) is 29.1 Å². The van der Waals surface area contributed by atoms with E-state index in [4.69, 9.17) is 4.74 Å². The van der Waals surface area contributed by atoms with Crippen molar-refractivity contribution in [3.8, 4) is 0 Å². The minimum atomic E-state index is -0.473. The molecule has 144 valence electrons. The highest BCUT2D eigenvalue weighted by Gasteiger charge is 2.12. The fourth-order valence-corrected chi connectivity index (χ4v) is 3.07. The normalized spacial score (nSPS) is 10.6. The van der Waals surface area contributed by atoms with Crippen molar-refractivity contribution < 1.29 is 19.1 Å². The molecule has 6 nitrogen and oxygen atoms in total. The van der Waals surface area contributed by atoms with E-state index in [1.807, 2.05) is 30.5 Å². The molecule has 0 saturated carbocycles. The summed E-state index contributed by atoms with van der Waals surface area (Å²) in [5.74, 6) is -1.04. The third-order valence-electron chi connectivity index (χ3n) is 4.45. The van der Waals surface area contributed by atoms with Crippen molar-refractivity contribution in [2.45, 2.75) is 26.2 Å². The first-order valence-corrected chi connectivity index (χ1v) is 9.15. The second-order valence-corrected chi connectivity index (χ2v) is 6.52. The summed E-state index contributed by atoms with van der Waals surface area (Å²) in [4.78, 5) is 38.7. The van der Waals surface area contributed by atoms with E-state index in [1.165, 1.54) is 6.92 Å². The lowest BCUT2D eigenvalue weighted by molar-refractivity contribution is -0.147. The summed E-state index contributed by atoms with van der Waals surface area (Å²) in [6, 6.07) is 14.7. The van der Waals surface area contributed by atoms with Crippen LogP contribution in [0.15, 0.2) is 54.7 Å². The Labute approximate surface area is 162 Å². The Morgan fingerprint density at radius 2 is 1.79 bits per heavy atom. The summed E-state index contributed by atoms with van der Waals surface area (Å²) in [6.07, 6.45) is 3.57. The molecule has 2 aromatic carbocycles. The summed E-state index contributed by atoms with van der Waals surface area (Å²) in [5, 5.41) is 3.76. The molecule has 0 bridgehead atoms. The van der Waals surface area contributed by atoms with Crippen molar-refractivity contribution in [1.29, 1.82) is 0 Å². The average Bonchev–Trinajstić information content (AvgIpc) is 3.10. The van der Waals surface area contributed by atoms with Crippen LogP contribution < -0.4 is 5.32 Å². The summed E-state index contributed by atoms with van der Waals surface area (Å²) in [6.45, 7) is 1.05. The number of anilines is 1. The Hall–Kier alpha value is -3.41. The number of hydrogen-bond acceptors (Lipinski definition) is 4. The molecule has 1 aromatic heterocycles. The first-order chi connectivity index (χ1) is 13.5. The van der Waals surface area contributed by atoms with E-state index in [2.05, 4.69) is 10.3 Å². The van der Waals surface area contributed by atoms with Crippen molar-refractivity contribution in [3.63, 3.8) is 0 Å². The molecule has 0 unspecified atom stereocenters. The SMILES string of the molecule is CC(=O)c1ccccc1NC(=O)COC(=O)CCCc1c[nH]c2ccccc12. The number of ether oxygens (including phenoxy) is 1. The van der Waals surface area contributed by atoms with Gasteiger partial charge in [-0.15, -0.1) is 0 Å². The second-order valence-electron chi connectivity index (χ2n) is 6.52. The van der Waals surface area contributed by atoms with Crippen LogP contribution in [0.2, 0.25) is 0 Å². The number of para-hydroxylation sites is 2. The molecule has 1 heterocycles. The van der Waals surface area contributed by atoms with E-state index in [0.29, 0.717) is 17.7 Å². The van der Waals surface area contributed by atoms with Crippen LogP contribution in [0.4, 0.5) is 5.69 Å². The van der Waals surface area contributed by atoms with Gasteiger partial charge in [0.15, 0.2) is 12.4 Å². The van der Waals surface area contributed by atoms with Crippen molar-refractivity contribution in [1.82, 2.24) is 4.98 Å². The number of benzene rings is 2. The fourth-order valence-electron chi connectivity index (χ4n) is 3.07. The summed E-state index contributed by atoms with van der Waals surface area (Å²) in [5.41, 5.74) is 3.06. The first-order valence-electron chi connectivity index (χ1n) is 9.15. The van der Waals surface area contributed by atoms with Crippen molar-refractivity contribution in [3.05, 3.63) is 65.9 Å². The molecule has 0 spiro atoms. The number of Topliss-reactive ketones (excluding diaryl/α,β-unsaturated/α-hetero) is 1. The van der Waals surface area contributed by atoms with Crippen LogP contribution in [-0.4, -0.2) is 29.3 Å². The van der Waals surface area contributed by atoms with E-state index in [-0.39, 0.29) is 18.8 Å². The molecule has 3 aromatic rings. The maximum absolute atomic E-state index is 12.0. The van der Waals surface area contributed by atoms with Gasteiger partial charge >= 0.3 is 5.97 Å². The number of rotatable bonds is 8. The van der Waals surface area contributed by atoms with Gasteiger partial charge in [-0.05, 0) is 43.5 Å². The fraction of sp³-hybridized carbons (Fsp3) is 0.227. The first kappa shape index (κ1) is 19.4. The maximum atomic E-state index is 12.0. The highest BCUT2D eigenvalue weighted by atomic mass is 16.5. The Morgan fingerprint density at radius 3 is 2.61 bits per heavy atom. The number of nitrogens with one attached hydrogen (secondary N) is 2. The van der Waals surface area contributed by atoms with Crippen LogP contribution in [0.25, 0.3) is 10.9 Å². The molecule has 28 heavy (non-hydrogen) atoms. The Bertz CT molecular complexity index is 1010. The van der Waals surface area contributed by atoms with E-state index >= 15 is 0 Å². The molecule has 0 atom stereocenters. The van der Waals surface area contributed by atoms with E-state index in [1.54, 1.807) is 24.3 Å². The number of esters is 1. The highest BCUT2D eigenvalue weighted by molar-refractivity contribution is 6.04. The van der Waals surface area contributed by atoms with E-state index in [9.17, 15) is 14.4 Å². The van der Waals surface area contributed by atoms with Crippen molar-refractivity contribution in [2.75, 3.05) is 11.9 Å². The molecular formula is C22H22N2O4. The molecule has 0 radical (unpaired) electrons. The standard InChI is InChI=1S/C22H22N2O4/c1-15(25)17-8-2-5-11-20(17)24-21(26)14-28-22(27)12-6-7-16-13-23-19-10-4-3-9-18(16)19/h2-5,8-11,13,23H,6-7,12,14H2,1H3,(H,24,26). The number of fused-ring (bicyclic) bond motifs is 1. The van der Waals surface area contributed by atoms with Crippen LogP contribution in [0.5, 0.6) is 0 Å². The Balaban J connectivity index is 1.43. The molecule has 0 fully saturated rings. The molecule has 1 amide bonds. The van der Waals surface area contributed by atoms with E-state index in [0.717, 1.165) is 22.9 Å². The lowest BCUT2D eigenvalue weighted by Gasteiger charge is -2.09. The Kier molecular flexibility index (Phi) is 6.22. The number of carbonyl (C=O) groups excluding carboxylic acids is 3. The number of amides is 1. The number of aromatic nitrogens is 1. The number of aromatic amines is 1. The summed E-state index contributed by atoms with van der Waals surface area (Å²) in [7, 11) is 0. The second kappa shape index (κ2) is 8.99. The molecule has 3 rings (SSSR count). The zero-order chi connectivity index (χ0) is 19.9. The maximum Gasteiger partial charge on any atom is 0.306 e. The van der Waals surface area contributed by atoms with Gasteiger partial charge in [0.1, 0.15) is 0 Å². The molecule has 0 aliphatic carbocycles. The molecule has 0 saturated heterocycles. The van der Waals surface area contributed by atoms with Crippen LogP contribution >= 0.6 is 0 Å². The van der Waals surface area contributed by atoms with Gasteiger partial charge in [0.2, 0.25) is 0 Å². The topological polar surface area (TPSA) is 88.3 Å². The zero-order valence-electron chi connectivity index (χ0n) is 15.7. The van der Waals surface area contributed by atoms with Gasteiger partial charge in [0.05, 0.1) is 5.69 Å². The number of hydrogen-bond donors (Lipinski definition) is 2. The number of H-pyrrole nitrogens is 1. The minimum absolute atomic E-state index is 0.148. The third kappa shape index (κ3) is 4.85. The smallest absolute Gasteiger partial charge is 0.306 e. The lowest BCUT2D eigenvalue weighted by Crippen LogP contribution is -2.21. The summed E-state index contributed by atoms with van der Waals surface area (Å²) >= 11 is 0. The van der Waals surface area contributed by atoms with Gasteiger partial charge in [-0.3, -0.25) is 14.4 Å². The van der Waals surface area contributed by atoms with Gasteiger partial charge in [0.25, 0.3) is 5.91 Å². The number of aryl methyl sites for hydroxylation is 1. The molecule has 6 heteroatoms. The average molecular weight is 378 g/mol. The van der Waals surface area contributed by atoms with Gasteiger partial charge in [-0.2, -0.15) is 0 Å². The minimum Gasteiger partial charge on any atom is -0.456 e. The van der Waals surface area contributed by atoms with Crippen LogP contribution in [-0.2, 0) is 20.7 Å². The number of carbonyl (C=O) groups is 3. The van der Waals surface area contributed by atoms with Crippen LogP contribution in [0.1, 0.15) is 35.7 Å². The third-order valence-corrected chi connectivity index (χ3v) is 4.45. The van der Waals surface area contributed by atoms with E-state index < -0.39 is 11.9 Å². The predicted molar refractivity (Wildman–Crippen MR) is 107 cm³/mol. The molecule has 0 aliphatic heterocycles. The van der Waals surface area contributed by atoms with Crippen LogP contribution in [0, 0.1) is 0 Å². The Morgan fingerprint density at radius 1 is 1.04 bits per heavy atom. The van der Waals surface area contributed by atoms with Crippen molar-refractivity contribution in [2.24, 2.45) is 0 Å². The lowest BCUT2D eigenvalue weighted by atomic mass is 10.1. The molecule has 0 aliphatic rings. The molecular weight excluding hydrogens is 356 g/mol. The van der Waals surface area contributed by atoms with Gasteiger partial charge in [-0.25, -0.2) is 0 Å². The summed E-state index contributed by atoms with van der Waals surface area (Å²) < 4.78 is 5.04.